The van der Waals surface area contributed by atoms with Crippen molar-refractivity contribution in [1.29, 1.82) is 5.26 Å². The number of nitriles is 1. The molecule has 124 valence electrons. The van der Waals surface area contributed by atoms with Crippen molar-refractivity contribution in [1.82, 2.24) is 0 Å². The summed E-state index contributed by atoms with van der Waals surface area (Å²) in [6.07, 6.45) is 0.666. The van der Waals surface area contributed by atoms with Gasteiger partial charge in [0.2, 0.25) is 0 Å². The Morgan fingerprint density at radius 1 is 1.29 bits per heavy atom. The van der Waals surface area contributed by atoms with Crippen molar-refractivity contribution >= 4 is 21.7 Å². The van der Waals surface area contributed by atoms with E-state index in [2.05, 4.69) is 0 Å². The van der Waals surface area contributed by atoms with E-state index >= 15 is 0 Å². The van der Waals surface area contributed by atoms with Crippen LogP contribution in [0.3, 0.4) is 0 Å². The second-order valence-corrected chi connectivity index (χ2v) is 8.03. The first-order valence-electron chi connectivity index (χ1n) is 7.17. The van der Waals surface area contributed by atoms with Crippen LogP contribution in [0.1, 0.15) is 25.0 Å². The van der Waals surface area contributed by atoms with Crippen LogP contribution in [0.25, 0.3) is 0 Å². The minimum absolute atomic E-state index is 0.0667. The molecule has 7 heteroatoms. The molecule has 0 amide bonds. The summed E-state index contributed by atoms with van der Waals surface area (Å²) in [5.41, 5.74) is 0.540. The van der Waals surface area contributed by atoms with Gasteiger partial charge in [0.25, 0.3) is 0 Å². The predicted molar refractivity (Wildman–Crippen MR) is 88.8 cm³/mol. The maximum atomic E-state index is 12.5. The van der Waals surface area contributed by atoms with E-state index in [1.807, 2.05) is 26.0 Å². The van der Waals surface area contributed by atoms with E-state index in [9.17, 15) is 8.42 Å². The summed E-state index contributed by atoms with van der Waals surface area (Å²) in [5.74, 6) is 0.562. The molecule has 0 radical (unpaired) electrons. The average molecular weight is 364 g/mol. The molecule has 5 nitrogen and oxygen atoms in total. The Morgan fingerprint density at radius 3 is 2.75 bits per heavy atom. The Labute approximate surface area is 145 Å². The van der Waals surface area contributed by atoms with E-state index in [1.165, 1.54) is 18.2 Å². The Balaban J connectivity index is 1.98. The lowest BCUT2D eigenvalue weighted by Gasteiger charge is -2.18. The van der Waals surface area contributed by atoms with E-state index in [4.69, 9.17) is 25.8 Å². The van der Waals surface area contributed by atoms with Crippen LogP contribution in [-0.4, -0.2) is 14.0 Å². The largest absolute Gasteiger partial charge is 0.483 e. The lowest BCUT2D eigenvalue weighted by molar-refractivity contribution is 0.136. The van der Waals surface area contributed by atoms with Crippen LogP contribution in [0.2, 0.25) is 5.02 Å². The highest BCUT2D eigenvalue weighted by molar-refractivity contribution is 7.87. The molecule has 0 unspecified atom stereocenters. The number of halogens is 1. The molecule has 0 saturated heterocycles. The third-order valence-corrected chi connectivity index (χ3v) is 5.16. The average Bonchev–Trinajstić information content (AvgIpc) is 2.82. The molecule has 1 aliphatic rings. The van der Waals surface area contributed by atoms with Gasteiger partial charge in [0.05, 0.1) is 10.6 Å². The van der Waals surface area contributed by atoms with Crippen molar-refractivity contribution in [3.63, 3.8) is 0 Å². The predicted octanol–water partition coefficient (Wildman–Crippen LogP) is 3.69. The first-order chi connectivity index (χ1) is 11.2. The maximum absolute atomic E-state index is 12.5. The number of nitrogens with zero attached hydrogens (tertiary/aromatic N) is 1. The Hall–Kier alpha value is -2.23. The maximum Gasteiger partial charge on any atom is 0.339 e. The molecule has 24 heavy (non-hydrogen) atoms. The normalized spacial score (nSPS) is 15.2. The molecule has 1 heterocycles. The number of hydrogen-bond acceptors (Lipinski definition) is 5. The zero-order valence-electron chi connectivity index (χ0n) is 13.0. The number of benzene rings is 2. The fourth-order valence-corrected chi connectivity index (χ4v) is 3.69. The van der Waals surface area contributed by atoms with Crippen LogP contribution in [-0.2, 0) is 16.5 Å². The van der Waals surface area contributed by atoms with Crippen LogP contribution >= 0.6 is 11.6 Å². The van der Waals surface area contributed by atoms with E-state index in [1.54, 1.807) is 12.1 Å². The van der Waals surface area contributed by atoms with Gasteiger partial charge in [0, 0.05) is 12.0 Å². The number of hydrogen-bond donors (Lipinski definition) is 0. The van der Waals surface area contributed by atoms with Gasteiger partial charge in [-0.2, -0.15) is 13.7 Å². The van der Waals surface area contributed by atoms with E-state index in [0.29, 0.717) is 12.2 Å². The van der Waals surface area contributed by atoms with Gasteiger partial charge in [-0.25, -0.2) is 0 Å². The van der Waals surface area contributed by atoms with Gasteiger partial charge in [-0.05, 0) is 38.1 Å². The third-order valence-electron chi connectivity index (χ3n) is 3.60. The molecule has 3 rings (SSSR count). The highest BCUT2D eigenvalue weighted by atomic mass is 35.5. The van der Waals surface area contributed by atoms with Gasteiger partial charge in [-0.3, -0.25) is 0 Å². The van der Waals surface area contributed by atoms with Crippen LogP contribution in [0.15, 0.2) is 41.3 Å². The van der Waals surface area contributed by atoms with Crippen molar-refractivity contribution in [2.75, 3.05) is 0 Å². The summed E-state index contributed by atoms with van der Waals surface area (Å²) in [6, 6.07) is 10.8. The molecule has 0 bridgehead atoms. The Kier molecular flexibility index (Phi) is 3.94. The van der Waals surface area contributed by atoms with Gasteiger partial charge in [0.1, 0.15) is 16.6 Å². The lowest BCUT2D eigenvalue weighted by Crippen LogP contribution is -2.24. The quantitative estimate of drug-likeness (QED) is 0.777. The minimum Gasteiger partial charge on any atom is -0.483 e. The zero-order valence-corrected chi connectivity index (χ0v) is 14.6. The SMILES string of the molecule is CC1(C)Cc2cccc(OS(=O)(=O)c3ccc(Cl)c(C#N)c3)c2O1. The first kappa shape index (κ1) is 16.6. The zero-order chi connectivity index (χ0) is 17.5. The van der Waals surface area contributed by atoms with Crippen LogP contribution in [0, 0.1) is 11.3 Å². The third kappa shape index (κ3) is 3.05. The fourth-order valence-electron chi connectivity index (χ4n) is 2.56. The summed E-state index contributed by atoms with van der Waals surface area (Å²) in [4.78, 5) is -0.140. The molecule has 0 spiro atoms. The molecule has 0 atom stereocenters. The second-order valence-electron chi connectivity index (χ2n) is 6.07. The molecule has 0 saturated carbocycles. The lowest BCUT2D eigenvalue weighted by atomic mass is 10.0. The van der Waals surface area contributed by atoms with Crippen molar-refractivity contribution < 1.29 is 17.3 Å². The highest BCUT2D eigenvalue weighted by Gasteiger charge is 2.33. The summed E-state index contributed by atoms with van der Waals surface area (Å²) in [5, 5.41) is 9.18. The first-order valence-corrected chi connectivity index (χ1v) is 8.95. The standard InChI is InChI=1S/C17H14ClNO4S/c1-17(2)9-11-4-3-5-15(16(11)22-17)23-24(20,21)13-6-7-14(18)12(8-13)10-19/h3-8H,9H2,1-2H3. The number of ether oxygens (including phenoxy) is 1. The molecule has 2 aromatic carbocycles. The van der Waals surface area contributed by atoms with E-state index in [-0.39, 0.29) is 21.2 Å². The summed E-state index contributed by atoms with van der Waals surface area (Å²) in [7, 11) is -4.11. The van der Waals surface area contributed by atoms with Gasteiger partial charge in [-0.1, -0.05) is 23.7 Å². The molecule has 0 aliphatic carbocycles. The summed E-state index contributed by atoms with van der Waals surface area (Å²) in [6.45, 7) is 3.84. The van der Waals surface area contributed by atoms with Crippen molar-refractivity contribution in [2.24, 2.45) is 0 Å². The summed E-state index contributed by atoms with van der Waals surface area (Å²) < 4.78 is 36.1. The monoisotopic (exact) mass is 363 g/mol. The van der Waals surface area contributed by atoms with Crippen LogP contribution in [0.4, 0.5) is 0 Å². The fraction of sp³-hybridized carbons (Fsp3) is 0.235. The summed E-state index contributed by atoms with van der Waals surface area (Å²) >= 11 is 5.84. The van der Waals surface area contributed by atoms with Gasteiger partial charge >= 0.3 is 10.1 Å². The topological polar surface area (TPSA) is 76.4 Å². The number of para-hydroxylation sites is 1. The van der Waals surface area contributed by atoms with E-state index < -0.39 is 15.7 Å². The van der Waals surface area contributed by atoms with Gasteiger partial charge in [-0.15, -0.1) is 0 Å². The molecule has 0 N–H and O–H groups in total. The molecule has 0 fully saturated rings. The second kappa shape index (κ2) is 5.69. The van der Waals surface area contributed by atoms with Crippen LogP contribution in [0.5, 0.6) is 11.5 Å². The van der Waals surface area contributed by atoms with E-state index in [0.717, 1.165) is 5.56 Å². The smallest absolute Gasteiger partial charge is 0.339 e. The molecular formula is C17H14ClNO4S. The van der Waals surface area contributed by atoms with Crippen LogP contribution < -0.4 is 8.92 Å². The highest BCUT2D eigenvalue weighted by Crippen LogP contribution is 2.42. The molecule has 0 aromatic heterocycles. The van der Waals surface area contributed by atoms with Crippen molar-refractivity contribution in [2.45, 2.75) is 30.8 Å². The molecule has 2 aromatic rings. The minimum atomic E-state index is -4.11. The molecule has 1 aliphatic heterocycles. The number of fused-ring (bicyclic) bond motifs is 1. The van der Waals surface area contributed by atoms with Gasteiger partial charge < -0.3 is 8.92 Å². The Bertz CT molecular complexity index is 961. The van der Waals surface area contributed by atoms with Gasteiger partial charge in [0.15, 0.2) is 11.5 Å². The number of rotatable bonds is 3. The molecular weight excluding hydrogens is 350 g/mol. The van der Waals surface area contributed by atoms with Crippen molar-refractivity contribution in [3.8, 4) is 17.6 Å². The van der Waals surface area contributed by atoms with Crippen molar-refractivity contribution in [3.05, 3.63) is 52.5 Å². The Morgan fingerprint density at radius 2 is 2.04 bits per heavy atom.